The van der Waals surface area contributed by atoms with E-state index in [2.05, 4.69) is 20.5 Å². The van der Waals surface area contributed by atoms with Gasteiger partial charge in [0.2, 0.25) is 5.91 Å². The summed E-state index contributed by atoms with van der Waals surface area (Å²) >= 11 is 0. The molecule has 0 bridgehead atoms. The molecule has 7 nitrogen and oxygen atoms in total. The molecule has 1 aromatic carbocycles. The molecule has 0 saturated heterocycles. The second kappa shape index (κ2) is 7.44. The van der Waals surface area contributed by atoms with Gasteiger partial charge < -0.3 is 14.8 Å². The van der Waals surface area contributed by atoms with Gasteiger partial charge in [0, 0.05) is 6.04 Å². The van der Waals surface area contributed by atoms with Crippen molar-refractivity contribution in [3.8, 4) is 11.5 Å². The van der Waals surface area contributed by atoms with Crippen LogP contribution in [0, 0.1) is 0 Å². The average Bonchev–Trinajstić information content (AvgIpc) is 2.92. The lowest BCUT2D eigenvalue weighted by Gasteiger charge is -2.06. The van der Waals surface area contributed by atoms with Crippen LogP contribution in [0.2, 0.25) is 0 Å². The summed E-state index contributed by atoms with van der Waals surface area (Å²) in [7, 11) is 1.61. The highest BCUT2D eigenvalue weighted by Gasteiger charge is 2.10. The number of ether oxygens (including phenoxy) is 2. The van der Waals surface area contributed by atoms with Crippen molar-refractivity contribution in [2.45, 2.75) is 32.9 Å². The summed E-state index contributed by atoms with van der Waals surface area (Å²) in [5.41, 5.74) is 0. The SMILES string of the molecule is COc1ccc(OCc2nc(CC(=O)NC(C)C)n[nH]2)cc1. The molecule has 0 fully saturated rings. The number of hydrogen-bond acceptors (Lipinski definition) is 5. The van der Waals surface area contributed by atoms with E-state index in [-0.39, 0.29) is 25.0 Å². The summed E-state index contributed by atoms with van der Waals surface area (Å²) in [4.78, 5) is 15.9. The Morgan fingerprint density at radius 3 is 2.59 bits per heavy atom. The van der Waals surface area contributed by atoms with E-state index >= 15 is 0 Å². The number of nitrogens with zero attached hydrogens (tertiary/aromatic N) is 2. The summed E-state index contributed by atoms with van der Waals surface area (Å²) in [5, 5.41) is 9.57. The van der Waals surface area contributed by atoms with Crippen LogP contribution in [0.15, 0.2) is 24.3 Å². The van der Waals surface area contributed by atoms with Crippen molar-refractivity contribution in [1.29, 1.82) is 0 Å². The Balaban J connectivity index is 1.85. The smallest absolute Gasteiger partial charge is 0.227 e. The molecule has 0 spiro atoms. The first-order valence-electron chi connectivity index (χ1n) is 7.03. The van der Waals surface area contributed by atoms with Gasteiger partial charge in [-0.05, 0) is 38.1 Å². The molecule has 2 rings (SSSR count). The van der Waals surface area contributed by atoms with Crippen LogP contribution < -0.4 is 14.8 Å². The molecule has 0 radical (unpaired) electrons. The third-order valence-electron chi connectivity index (χ3n) is 2.78. The average molecular weight is 304 g/mol. The van der Waals surface area contributed by atoms with E-state index in [1.807, 2.05) is 38.1 Å². The molecule has 0 aliphatic carbocycles. The van der Waals surface area contributed by atoms with E-state index in [9.17, 15) is 4.79 Å². The molecule has 0 atom stereocenters. The molecule has 1 aromatic heterocycles. The number of aromatic nitrogens is 3. The summed E-state index contributed by atoms with van der Waals surface area (Å²) in [6.45, 7) is 4.07. The second-order valence-electron chi connectivity index (χ2n) is 5.06. The van der Waals surface area contributed by atoms with Crippen LogP contribution in [-0.2, 0) is 17.8 Å². The number of hydrogen-bond donors (Lipinski definition) is 2. The lowest BCUT2D eigenvalue weighted by Crippen LogP contribution is -2.31. The Morgan fingerprint density at radius 2 is 1.95 bits per heavy atom. The standard InChI is InChI=1S/C15H20N4O3/c1-10(2)16-15(20)8-13-17-14(19-18-13)9-22-12-6-4-11(21-3)5-7-12/h4-7,10H,8-9H2,1-3H3,(H,16,20)(H,17,18,19). The van der Waals surface area contributed by atoms with Gasteiger partial charge in [0.25, 0.3) is 0 Å². The van der Waals surface area contributed by atoms with Crippen LogP contribution in [-0.4, -0.2) is 34.2 Å². The van der Waals surface area contributed by atoms with Crippen molar-refractivity contribution in [3.05, 3.63) is 35.9 Å². The van der Waals surface area contributed by atoms with Gasteiger partial charge in [0.15, 0.2) is 11.6 Å². The number of rotatable bonds is 7. The van der Waals surface area contributed by atoms with Gasteiger partial charge in [-0.1, -0.05) is 0 Å². The van der Waals surface area contributed by atoms with Crippen molar-refractivity contribution in [2.24, 2.45) is 0 Å². The summed E-state index contributed by atoms with van der Waals surface area (Å²) in [6, 6.07) is 7.36. The molecule has 0 saturated carbocycles. The van der Waals surface area contributed by atoms with Crippen LogP contribution in [0.3, 0.4) is 0 Å². The number of benzene rings is 1. The first-order chi connectivity index (χ1) is 10.6. The Morgan fingerprint density at radius 1 is 1.27 bits per heavy atom. The largest absolute Gasteiger partial charge is 0.497 e. The Kier molecular flexibility index (Phi) is 5.35. The maximum absolute atomic E-state index is 11.6. The molecule has 0 aliphatic heterocycles. The van der Waals surface area contributed by atoms with Crippen molar-refractivity contribution < 1.29 is 14.3 Å². The van der Waals surface area contributed by atoms with E-state index in [0.29, 0.717) is 17.4 Å². The fraction of sp³-hybridized carbons (Fsp3) is 0.400. The van der Waals surface area contributed by atoms with Gasteiger partial charge >= 0.3 is 0 Å². The third-order valence-corrected chi connectivity index (χ3v) is 2.78. The first kappa shape index (κ1) is 15.8. The molecule has 2 N–H and O–H groups in total. The normalized spacial score (nSPS) is 10.5. The highest BCUT2D eigenvalue weighted by atomic mass is 16.5. The molecule has 22 heavy (non-hydrogen) atoms. The van der Waals surface area contributed by atoms with Crippen LogP contribution in [0.1, 0.15) is 25.5 Å². The number of methoxy groups -OCH3 is 1. The molecule has 0 aliphatic rings. The van der Waals surface area contributed by atoms with Gasteiger partial charge in [-0.15, -0.1) is 0 Å². The number of carbonyl (C=O) groups excluding carboxylic acids is 1. The molecule has 1 amide bonds. The highest BCUT2D eigenvalue weighted by molar-refractivity contribution is 5.77. The number of H-pyrrole nitrogens is 1. The quantitative estimate of drug-likeness (QED) is 0.808. The van der Waals surface area contributed by atoms with E-state index in [1.165, 1.54) is 0 Å². The molecule has 118 valence electrons. The zero-order chi connectivity index (χ0) is 15.9. The van der Waals surface area contributed by atoms with Crippen molar-refractivity contribution >= 4 is 5.91 Å². The highest BCUT2D eigenvalue weighted by Crippen LogP contribution is 2.17. The predicted octanol–water partition coefficient (Wildman–Crippen LogP) is 1.46. The van der Waals surface area contributed by atoms with Gasteiger partial charge in [0.05, 0.1) is 13.5 Å². The van der Waals surface area contributed by atoms with Crippen molar-refractivity contribution in [1.82, 2.24) is 20.5 Å². The zero-order valence-electron chi connectivity index (χ0n) is 12.9. The number of nitrogens with one attached hydrogen (secondary N) is 2. The fourth-order valence-corrected chi connectivity index (χ4v) is 1.82. The summed E-state index contributed by atoms with van der Waals surface area (Å²) in [6.07, 6.45) is 0.150. The van der Waals surface area contributed by atoms with Gasteiger partial charge in [-0.3, -0.25) is 9.89 Å². The Bertz CT molecular complexity index is 608. The summed E-state index contributed by atoms with van der Waals surface area (Å²) in [5.74, 6) is 2.40. The fourth-order valence-electron chi connectivity index (χ4n) is 1.82. The minimum Gasteiger partial charge on any atom is -0.497 e. The maximum atomic E-state index is 11.6. The Hall–Kier alpha value is -2.57. The molecular weight excluding hydrogens is 284 g/mol. The topological polar surface area (TPSA) is 89.1 Å². The molecule has 1 heterocycles. The maximum Gasteiger partial charge on any atom is 0.227 e. The van der Waals surface area contributed by atoms with Crippen LogP contribution >= 0.6 is 0 Å². The first-order valence-corrected chi connectivity index (χ1v) is 7.03. The summed E-state index contributed by atoms with van der Waals surface area (Å²) < 4.78 is 10.7. The number of aromatic amines is 1. The van der Waals surface area contributed by atoms with Crippen molar-refractivity contribution in [3.63, 3.8) is 0 Å². The molecule has 2 aromatic rings. The van der Waals surface area contributed by atoms with Crippen LogP contribution in [0.25, 0.3) is 0 Å². The number of carbonyl (C=O) groups is 1. The lowest BCUT2D eigenvalue weighted by molar-refractivity contribution is -0.121. The van der Waals surface area contributed by atoms with Crippen LogP contribution in [0.5, 0.6) is 11.5 Å². The van der Waals surface area contributed by atoms with Gasteiger partial charge in [-0.2, -0.15) is 5.10 Å². The third kappa shape index (κ3) is 4.76. The lowest BCUT2D eigenvalue weighted by atomic mass is 10.3. The zero-order valence-corrected chi connectivity index (χ0v) is 12.9. The van der Waals surface area contributed by atoms with E-state index < -0.39 is 0 Å². The minimum absolute atomic E-state index is 0.100. The predicted molar refractivity (Wildman–Crippen MR) is 80.7 cm³/mol. The Labute approximate surface area is 129 Å². The number of amides is 1. The molecular formula is C15H20N4O3. The molecule has 7 heteroatoms. The molecule has 0 unspecified atom stereocenters. The van der Waals surface area contributed by atoms with Crippen molar-refractivity contribution in [2.75, 3.05) is 7.11 Å². The van der Waals surface area contributed by atoms with Crippen LogP contribution in [0.4, 0.5) is 0 Å². The van der Waals surface area contributed by atoms with E-state index in [4.69, 9.17) is 9.47 Å². The van der Waals surface area contributed by atoms with Gasteiger partial charge in [-0.25, -0.2) is 4.98 Å². The van der Waals surface area contributed by atoms with Gasteiger partial charge in [0.1, 0.15) is 18.1 Å². The van der Waals surface area contributed by atoms with E-state index in [0.717, 1.165) is 5.75 Å². The monoisotopic (exact) mass is 304 g/mol. The van der Waals surface area contributed by atoms with E-state index in [1.54, 1.807) is 7.11 Å². The minimum atomic E-state index is -0.100. The second-order valence-corrected chi connectivity index (χ2v) is 5.06.